The Kier molecular flexibility index (Phi) is 6.93. The summed E-state index contributed by atoms with van der Waals surface area (Å²) in [5, 5.41) is 9.08. The number of aliphatic hydroxyl groups excluding tert-OH is 1. The number of rotatable bonds is 5. The molecule has 0 aliphatic rings. The Morgan fingerprint density at radius 1 is 1.42 bits per heavy atom. The largest absolute Gasteiger partial charge is 0.395 e. The Morgan fingerprint density at radius 2 is 2.05 bits per heavy atom. The summed E-state index contributed by atoms with van der Waals surface area (Å²) in [6.45, 7) is -0.317. The maximum atomic E-state index is 12.0. The van der Waals surface area contributed by atoms with Crippen molar-refractivity contribution in [1.82, 2.24) is 0 Å². The van der Waals surface area contributed by atoms with Gasteiger partial charge in [0.15, 0.2) is 5.17 Å². The van der Waals surface area contributed by atoms with E-state index in [0.29, 0.717) is 11.3 Å². The van der Waals surface area contributed by atoms with Crippen LogP contribution in [0.3, 0.4) is 0 Å². The van der Waals surface area contributed by atoms with Gasteiger partial charge in [0.05, 0.1) is 17.9 Å². The zero-order valence-corrected chi connectivity index (χ0v) is 12.0. The Morgan fingerprint density at radius 3 is 2.58 bits per heavy atom. The molecule has 0 fully saturated rings. The number of thiol groups is 1. The molecule has 0 aliphatic heterocycles. The molecule has 1 aromatic rings. The number of nitrogens with zero attached hydrogens (tertiary/aromatic N) is 1. The Bertz CT molecular complexity index is 440. The summed E-state index contributed by atoms with van der Waals surface area (Å²) in [4.78, 5) is 15.7. The molecule has 2 atom stereocenters. The van der Waals surface area contributed by atoms with Gasteiger partial charge in [-0.05, 0) is 5.56 Å². The molecule has 0 heterocycles. The number of benzene rings is 1. The van der Waals surface area contributed by atoms with Crippen LogP contribution < -0.4 is 11.5 Å². The fourth-order valence-corrected chi connectivity index (χ4v) is 2.17. The van der Waals surface area contributed by atoms with E-state index >= 15 is 0 Å². The van der Waals surface area contributed by atoms with Gasteiger partial charge in [0, 0.05) is 5.75 Å². The molecule has 5 nitrogen and oxygen atoms in total. The molecule has 104 valence electrons. The zero-order valence-electron chi connectivity index (χ0n) is 10.3. The van der Waals surface area contributed by atoms with Crippen LogP contribution >= 0.6 is 24.4 Å². The molecule has 0 aromatic heterocycles. The number of nitrogens with two attached hydrogens (primary N) is 2. The standard InChI is InChI=1S/C12H17N3O2S2/c13-10(7-18)19-12(14)15-11(17)9(6-16)8-4-2-1-3-5-8/h1-5,9-10,16,18H,6-7,13H2,(H2,14,15,17). The first-order valence-corrected chi connectivity index (χ1v) is 7.16. The SMILES string of the molecule is NC(=NC(=O)C(CO)c1ccccc1)SC(N)CS. The molecule has 0 spiro atoms. The lowest BCUT2D eigenvalue weighted by molar-refractivity contribution is -0.120. The van der Waals surface area contributed by atoms with Crippen molar-refractivity contribution in [2.24, 2.45) is 16.5 Å². The number of carbonyl (C=O) groups is 1. The lowest BCUT2D eigenvalue weighted by Gasteiger charge is -2.11. The summed E-state index contributed by atoms with van der Waals surface area (Å²) >= 11 is 5.09. The second kappa shape index (κ2) is 8.21. The Balaban J connectivity index is 2.77. The van der Waals surface area contributed by atoms with Gasteiger partial charge in [-0.2, -0.15) is 17.6 Å². The van der Waals surface area contributed by atoms with Crippen LogP contribution in [0.4, 0.5) is 0 Å². The summed E-state index contributed by atoms with van der Waals surface area (Å²) in [6, 6.07) is 8.95. The molecule has 0 saturated carbocycles. The Hall–Kier alpha value is -1.02. The summed E-state index contributed by atoms with van der Waals surface area (Å²) in [7, 11) is 0. The molecule has 1 rings (SSSR count). The molecular weight excluding hydrogens is 282 g/mol. The third-order valence-corrected chi connectivity index (χ3v) is 3.80. The minimum Gasteiger partial charge on any atom is -0.395 e. The highest BCUT2D eigenvalue weighted by Crippen LogP contribution is 2.17. The van der Waals surface area contributed by atoms with Crippen molar-refractivity contribution in [2.75, 3.05) is 12.4 Å². The Labute approximate surface area is 121 Å². The third-order valence-electron chi connectivity index (χ3n) is 2.36. The average molecular weight is 299 g/mol. The molecule has 0 aliphatic carbocycles. The lowest BCUT2D eigenvalue weighted by atomic mass is 10.00. The van der Waals surface area contributed by atoms with Crippen LogP contribution in [0.1, 0.15) is 11.5 Å². The van der Waals surface area contributed by atoms with E-state index in [1.54, 1.807) is 24.3 Å². The highest BCUT2D eigenvalue weighted by atomic mass is 32.2. The van der Waals surface area contributed by atoms with Crippen molar-refractivity contribution in [3.05, 3.63) is 35.9 Å². The van der Waals surface area contributed by atoms with Crippen molar-refractivity contribution in [2.45, 2.75) is 11.3 Å². The lowest BCUT2D eigenvalue weighted by Crippen LogP contribution is -2.25. The molecule has 7 heteroatoms. The minimum atomic E-state index is -0.701. The van der Waals surface area contributed by atoms with Crippen LogP contribution in [-0.4, -0.2) is 33.9 Å². The van der Waals surface area contributed by atoms with Gasteiger partial charge in [0.25, 0.3) is 5.91 Å². The van der Waals surface area contributed by atoms with E-state index < -0.39 is 11.8 Å². The third kappa shape index (κ3) is 5.23. The van der Waals surface area contributed by atoms with E-state index in [9.17, 15) is 9.90 Å². The van der Waals surface area contributed by atoms with Gasteiger partial charge in [0.1, 0.15) is 0 Å². The first-order valence-electron chi connectivity index (χ1n) is 5.65. The van der Waals surface area contributed by atoms with Gasteiger partial charge in [-0.15, -0.1) is 0 Å². The van der Waals surface area contributed by atoms with Crippen LogP contribution in [0.2, 0.25) is 0 Å². The number of aliphatic imine (C=N–C) groups is 1. The summed E-state index contributed by atoms with van der Waals surface area (Å²) < 4.78 is 0. The van der Waals surface area contributed by atoms with Crippen molar-refractivity contribution in [3.8, 4) is 0 Å². The fourth-order valence-electron chi connectivity index (χ4n) is 1.42. The second-order valence-corrected chi connectivity index (χ2v) is 5.40. The highest BCUT2D eigenvalue weighted by Gasteiger charge is 2.19. The minimum absolute atomic E-state index is 0.0842. The predicted molar refractivity (Wildman–Crippen MR) is 82.3 cm³/mol. The van der Waals surface area contributed by atoms with E-state index in [4.69, 9.17) is 11.5 Å². The number of thioether (sulfide) groups is 1. The summed E-state index contributed by atoms with van der Waals surface area (Å²) in [6.07, 6.45) is 0. The van der Waals surface area contributed by atoms with E-state index in [1.807, 2.05) is 6.07 Å². The average Bonchev–Trinajstić information content (AvgIpc) is 2.40. The number of carbonyl (C=O) groups excluding carboxylic acids is 1. The molecule has 2 unspecified atom stereocenters. The molecule has 0 radical (unpaired) electrons. The monoisotopic (exact) mass is 299 g/mol. The topological polar surface area (TPSA) is 102 Å². The first-order chi connectivity index (χ1) is 9.08. The smallest absolute Gasteiger partial charge is 0.257 e. The van der Waals surface area contributed by atoms with Crippen molar-refractivity contribution >= 4 is 35.5 Å². The van der Waals surface area contributed by atoms with Crippen molar-refractivity contribution in [3.63, 3.8) is 0 Å². The van der Waals surface area contributed by atoms with E-state index in [1.165, 1.54) is 0 Å². The number of hydrogen-bond acceptors (Lipinski definition) is 5. The zero-order chi connectivity index (χ0) is 14.3. The molecule has 5 N–H and O–H groups in total. The molecule has 0 bridgehead atoms. The van der Waals surface area contributed by atoms with Gasteiger partial charge >= 0.3 is 0 Å². The quantitative estimate of drug-likeness (QED) is 0.275. The van der Waals surface area contributed by atoms with Crippen molar-refractivity contribution in [1.29, 1.82) is 0 Å². The maximum Gasteiger partial charge on any atom is 0.257 e. The fraction of sp³-hybridized carbons (Fsp3) is 0.333. The van der Waals surface area contributed by atoms with Gasteiger partial charge in [-0.1, -0.05) is 42.1 Å². The van der Waals surface area contributed by atoms with Crippen molar-refractivity contribution < 1.29 is 9.90 Å². The summed E-state index contributed by atoms with van der Waals surface area (Å²) in [5.74, 6) is -0.755. The molecule has 19 heavy (non-hydrogen) atoms. The van der Waals surface area contributed by atoms with Gasteiger partial charge < -0.3 is 16.6 Å². The van der Waals surface area contributed by atoms with Gasteiger partial charge in [-0.3, -0.25) is 4.79 Å². The molecule has 0 saturated heterocycles. The van der Waals surface area contributed by atoms with Crippen LogP contribution in [0.5, 0.6) is 0 Å². The number of amides is 1. The van der Waals surface area contributed by atoms with E-state index in [-0.39, 0.29) is 17.1 Å². The van der Waals surface area contributed by atoms with Gasteiger partial charge in [-0.25, -0.2) is 0 Å². The number of aliphatic hydroxyl groups is 1. The normalized spacial score (nSPS) is 15.0. The number of hydrogen-bond donors (Lipinski definition) is 4. The molecular formula is C12H17N3O2S2. The predicted octanol–water partition coefficient (Wildman–Crippen LogP) is 0.552. The highest BCUT2D eigenvalue weighted by molar-refractivity contribution is 8.14. The van der Waals surface area contributed by atoms with Crippen LogP contribution in [0.25, 0.3) is 0 Å². The van der Waals surface area contributed by atoms with Crippen LogP contribution in [0.15, 0.2) is 35.3 Å². The van der Waals surface area contributed by atoms with Crippen LogP contribution in [0, 0.1) is 0 Å². The van der Waals surface area contributed by atoms with E-state index in [0.717, 1.165) is 11.8 Å². The molecule has 1 amide bonds. The summed E-state index contributed by atoms with van der Waals surface area (Å²) in [5.41, 5.74) is 12.0. The van der Waals surface area contributed by atoms with E-state index in [2.05, 4.69) is 17.6 Å². The van der Waals surface area contributed by atoms with Gasteiger partial charge in [0.2, 0.25) is 0 Å². The number of amidine groups is 1. The van der Waals surface area contributed by atoms with Crippen LogP contribution in [-0.2, 0) is 4.79 Å². The first kappa shape index (κ1) is 16.0. The maximum absolute atomic E-state index is 12.0. The molecule has 1 aromatic carbocycles. The second-order valence-electron chi connectivity index (χ2n) is 3.77.